The fourth-order valence-electron chi connectivity index (χ4n) is 2.11. The van der Waals surface area contributed by atoms with Gasteiger partial charge in [-0.05, 0) is 31.2 Å². The van der Waals surface area contributed by atoms with Crippen molar-refractivity contribution in [2.45, 2.75) is 13.0 Å². The fourth-order valence-corrected chi connectivity index (χ4v) is 3.08. The number of halogens is 1. The van der Waals surface area contributed by atoms with Crippen LogP contribution in [0.2, 0.25) is 0 Å². The van der Waals surface area contributed by atoms with Gasteiger partial charge in [-0.15, -0.1) is 11.3 Å². The lowest BCUT2D eigenvalue weighted by Gasteiger charge is -2.14. The predicted octanol–water partition coefficient (Wildman–Crippen LogP) is 4.62. The van der Waals surface area contributed by atoms with Gasteiger partial charge < -0.3 is 10.1 Å². The second-order valence-corrected chi connectivity index (χ2v) is 5.79. The zero-order valence-electron chi connectivity index (χ0n) is 11.8. The van der Waals surface area contributed by atoms with E-state index in [1.165, 1.54) is 6.07 Å². The number of methoxy groups -OCH3 is 1. The summed E-state index contributed by atoms with van der Waals surface area (Å²) in [6.45, 7) is 1.97. The molecule has 108 valence electrons. The van der Waals surface area contributed by atoms with Crippen LogP contribution in [0.3, 0.4) is 0 Å². The molecule has 2 aromatic carbocycles. The van der Waals surface area contributed by atoms with E-state index in [0.717, 1.165) is 15.2 Å². The average molecular weight is 302 g/mol. The van der Waals surface area contributed by atoms with Crippen molar-refractivity contribution < 1.29 is 9.13 Å². The molecule has 0 aliphatic rings. The quantitative estimate of drug-likeness (QED) is 0.763. The number of ether oxygens (including phenoxy) is 1. The standard InChI is InChI=1S/C16H15FN2OS/c1-10(16-19-13-5-3-4-6-15(13)21-16)18-14-9-11(20-2)7-8-12(14)17/h3-10,18H,1-2H3. The molecule has 1 unspecified atom stereocenters. The van der Waals surface area contributed by atoms with Gasteiger partial charge in [-0.25, -0.2) is 9.37 Å². The highest BCUT2D eigenvalue weighted by atomic mass is 32.1. The predicted molar refractivity (Wildman–Crippen MR) is 84.6 cm³/mol. The molecule has 0 amide bonds. The van der Waals surface area contributed by atoms with Crippen molar-refractivity contribution in [2.24, 2.45) is 0 Å². The van der Waals surface area contributed by atoms with E-state index in [0.29, 0.717) is 11.4 Å². The number of aromatic nitrogens is 1. The van der Waals surface area contributed by atoms with Gasteiger partial charge in [0.05, 0.1) is 29.1 Å². The number of fused-ring (bicyclic) bond motifs is 1. The van der Waals surface area contributed by atoms with Gasteiger partial charge in [-0.2, -0.15) is 0 Å². The third kappa shape index (κ3) is 2.83. The maximum atomic E-state index is 13.9. The molecule has 0 aliphatic carbocycles. The number of para-hydroxylation sites is 1. The summed E-state index contributed by atoms with van der Waals surface area (Å²) in [4.78, 5) is 4.58. The number of hydrogen-bond donors (Lipinski definition) is 1. The smallest absolute Gasteiger partial charge is 0.146 e. The molecular weight excluding hydrogens is 287 g/mol. The number of anilines is 1. The maximum absolute atomic E-state index is 13.9. The Hall–Kier alpha value is -2.14. The lowest BCUT2D eigenvalue weighted by molar-refractivity contribution is 0.414. The minimum atomic E-state index is -0.302. The van der Waals surface area contributed by atoms with Gasteiger partial charge >= 0.3 is 0 Å². The summed E-state index contributed by atoms with van der Waals surface area (Å²) in [5.74, 6) is 0.319. The highest BCUT2D eigenvalue weighted by molar-refractivity contribution is 7.18. The molecule has 0 aliphatic heterocycles. The van der Waals surface area contributed by atoms with E-state index < -0.39 is 0 Å². The molecule has 0 spiro atoms. The summed E-state index contributed by atoms with van der Waals surface area (Å²) in [6, 6.07) is 12.5. The highest BCUT2D eigenvalue weighted by Gasteiger charge is 2.13. The fraction of sp³-hybridized carbons (Fsp3) is 0.188. The monoisotopic (exact) mass is 302 g/mol. The Morgan fingerprint density at radius 2 is 2.05 bits per heavy atom. The van der Waals surface area contributed by atoms with E-state index in [1.807, 2.05) is 31.2 Å². The first-order chi connectivity index (χ1) is 10.2. The van der Waals surface area contributed by atoms with Crippen molar-refractivity contribution in [1.29, 1.82) is 0 Å². The first-order valence-electron chi connectivity index (χ1n) is 6.63. The molecule has 21 heavy (non-hydrogen) atoms. The molecule has 0 bridgehead atoms. The molecule has 0 saturated carbocycles. The first kappa shape index (κ1) is 13.8. The van der Waals surface area contributed by atoms with E-state index in [-0.39, 0.29) is 11.9 Å². The lowest BCUT2D eigenvalue weighted by atomic mass is 10.2. The lowest BCUT2D eigenvalue weighted by Crippen LogP contribution is -2.07. The zero-order chi connectivity index (χ0) is 14.8. The summed E-state index contributed by atoms with van der Waals surface area (Å²) < 4.78 is 20.1. The molecule has 1 atom stereocenters. The Bertz CT molecular complexity index is 739. The summed E-state index contributed by atoms with van der Waals surface area (Å²) in [5.41, 5.74) is 1.39. The Balaban J connectivity index is 1.87. The van der Waals surface area contributed by atoms with Crippen LogP contribution in [0.5, 0.6) is 5.75 Å². The summed E-state index contributed by atoms with van der Waals surface area (Å²) >= 11 is 1.61. The van der Waals surface area contributed by atoms with Crippen LogP contribution in [0, 0.1) is 5.82 Å². The Labute approximate surface area is 126 Å². The number of benzene rings is 2. The molecule has 0 radical (unpaired) electrons. The Morgan fingerprint density at radius 3 is 2.81 bits per heavy atom. The molecule has 3 rings (SSSR count). The van der Waals surface area contributed by atoms with Gasteiger partial charge in [0.1, 0.15) is 16.6 Å². The van der Waals surface area contributed by atoms with E-state index in [4.69, 9.17) is 4.74 Å². The van der Waals surface area contributed by atoms with Crippen LogP contribution in [0.1, 0.15) is 18.0 Å². The average Bonchev–Trinajstić information content (AvgIpc) is 2.93. The van der Waals surface area contributed by atoms with Gasteiger partial charge in [0, 0.05) is 6.07 Å². The molecule has 1 aromatic heterocycles. The van der Waals surface area contributed by atoms with Crippen LogP contribution >= 0.6 is 11.3 Å². The van der Waals surface area contributed by atoms with Crippen LogP contribution in [0.4, 0.5) is 10.1 Å². The summed E-state index contributed by atoms with van der Waals surface area (Å²) in [7, 11) is 1.56. The molecule has 3 nitrogen and oxygen atoms in total. The Kier molecular flexibility index (Phi) is 3.75. The summed E-state index contributed by atoms with van der Waals surface area (Å²) in [5, 5.41) is 4.08. The molecule has 3 aromatic rings. The second-order valence-electron chi connectivity index (χ2n) is 4.73. The van der Waals surface area contributed by atoms with Gasteiger partial charge in [0.25, 0.3) is 0 Å². The van der Waals surface area contributed by atoms with Crippen molar-refractivity contribution >= 4 is 27.2 Å². The van der Waals surface area contributed by atoms with Crippen molar-refractivity contribution in [3.05, 3.63) is 53.3 Å². The van der Waals surface area contributed by atoms with Crippen LogP contribution in [-0.4, -0.2) is 12.1 Å². The van der Waals surface area contributed by atoms with Crippen molar-refractivity contribution in [3.63, 3.8) is 0 Å². The zero-order valence-corrected chi connectivity index (χ0v) is 12.6. The highest BCUT2D eigenvalue weighted by Crippen LogP contribution is 2.30. The van der Waals surface area contributed by atoms with E-state index in [1.54, 1.807) is 30.6 Å². The van der Waals surface area contributed by atoms with Crippen LogP contribution in [0.15, 0.2) is 42.5 Å². The molecular formula is C16H15FN2OS. The van der Waals surface area contributed by atoms with Crippen molar-refractivity contribution in [3.8, 4) is 5.75 Å². The molecule has 5 heteroatoms. The second kappa shape index (κ2) is 5.69. The van der Waals surface area contributed by atoms with Crippen LogP contribution in [0.25, 0.3) is 10.2 Å². The SMILES string of the molecule is COc1ccc(F)c(NC(C)c2nc3ccccc3s2)c1. The van der Waals surface area contributed by atoms with E-state index >= 15 is 0 Å². The van der Waals surface area contributed by atoms with Crippen molar-refractivity contribution in [2.75, 3.05) is 12.4 Å². The third-order valence-electron chi connectivity index (χ3n) is 3.23. The van der Waals surface area contributed by atoms with Crippen molar-refractivity contribution in [1.82, 2.24) is 4.98 Å². The number of hydrogen-bond acceptors (Lipinski definition) is 4. The normalized spacial score (nSPS) is 12.3. The topological polar surface area (TPSA) is 34.1 Å². The van der Waals surface area contributed by atoms with Gasteiger partial charge in [-0.1, -0.05) is 12.1 Å². The molecule has 1 heterocycles. The molecule has 0 fully saturated rings. The van der Waals surface area contributed by atoms with Crippen LogP contribution < -0.4 is 10.1 Å². The molecule has 1 N–H and O–H groups in total. The number of thiazole rings is 1. The number of rotatable bonds is 4. The third-order valence-corrected chi connectivity index (χ3v) is 4.45. The number of nitrogens with one attached hydrogen (secondary N) is 1. The van der Waals surface area contributed by atoms with Gasteiger partial charge in [-0.3, -0.25) is 0 Å². The van der Waals surface area contributed by atoms with Crippen LogP contribution in [-0.2, 0) is 0 Å². The minimum absolute atomic E-state index is 0.0796. The van der Waals surface area contributed by atoms with Gasteiger partial charge in [0.2, 0.25) is 0 Å². The maximum Gasteiger partial charge on any atom is 0.146 e. The molecule has 0 saturated heterocycles. The minimum Gasteiger partial charge on any atom is -0.497 e. The Morgan fingerprint density at radius 1 is 1.24 bits per heavy atom. The van der Waals surface area contributed by atoms with E-state index in [2.05, 4.69) is 10.3 Å². The van der Waals surface area contributed by atoms with E-state index in [9.17, 15) is 4.39 Å². The number of nitrogens with zero attached hydrogens (tertiary/aromatic N) is 1. The summed E-state index contributed by atoms with van der Waals surface area (Å²) in [6.07, 6.45) is 0. The largest absolute Gasteiger partial charge is 0.497 e. The first-order valence-corrected chi connectivity index (χ1v) is 7.44. The van der Waals surface area contributed by atoms with Gasteiger partial charge in [0.15, 0.2) is 0 Å².